The number of hydrogen-bond acceptors (Lipinski definition) is 5. The van der Waals surface area contributed by atoms with Crippen molar-refractivity contribution in [2.24, 2.45) is 0 Å². The van der Waals surface area contributed by atoms with Crippen molar-refractivity contribution in [3.05, 3.63) is 29.8 Å². The molecule has 2 N–H and O–H groups in total. The second kappa shape index (κ2) is 7.32. The van der Waals surface area contributed by atoms with Crippen molar-refractivity contribution in [1.82, 2.24) is 5.32 Å². The Kier molecular flexibility index (Phi) is 5.97. The van der Waals surface area contributed by atoms with Gasteiger partial charge in [-0.15, -0.1) is 0 Å². The first-order chi connectivity index (χ1) is 10.7. The largest absolute Gasteiger partial charge is 0.493 e. The molecular weight excluding hydrogens is 319 g/mol. The number of ether oxygens (including phenoxy) is 2. The van der Waals surface area contributed by atoms with E-state index in [4.69, 9.17) is 4.74 Å². The molecule has 1 aromatic rings. The highest BCUT2D eigenvalue weighted by Gasteiger charge is 2.62. The summed E-state index contributed by atoms with van der Waals surface area (Å²) in [6, 6.07) is 5.48. The van der Waals surface area contributed by atoms with Gasteiger partial charge in [-0.25, -0.2) is 4.79 Å². The third kappa shape index (κ3) is 4.13. The molecule has 0 bridgehead atoms. The van der Waals surface area contributed by atoms with Gasteiger partial charge in [0.15, 0.2) is 0 Å². The molecule has 0 radical (unpaired) electrons. The van der Waals surface area contributed by atoms with Crippen LogP contribution < -0.4 is 10.1 Å². The van der Waals surface area contributed by atoms with Gasteiger partial charge in [-0.2, -0.15) is 13.2 Å². The summed E-state index contributed by atoms with van der Waals surface area (Å²) < 4.78 is 48.3. The molecule has 0 saturated heterocycles. The summed E-state index contributed by atoms with van der Waals surface area (Å²) in [5, 5.41) is 10.9. The minimum Gasteiger partial charge on any atom is -0.493 e. The molecule has 0 aliphatic heterocycles. The van der Waals surface area contributed by atoms with Crippen LogP contribution in [0, 0.1) is 0 Å². The lowest BCUT2D eigenvalue weighted by molar-refractivity contribution is -0.269. The second-order valence-corrected chi connectivity index (χ2v) is 4.31. The average Bonchev–Trinajstić information content (AvgIpc) is 2.47. The van der Waals surface area contributed by atoms with Gasteiger partial charge in [0.05, 0.1) is 18.8 Å². The smallest absolute Gasteiger partial charge is 0.448 e. The van der Waals surface area contributed by atoms with E-state index in [-0.39, 0.29) is 17.9 Å². The Morgan fingerprint density at radius 2 is 1.78 bits per heavy atom. The van der Waals surface area contributed by atoms with Gasteiger partial charge in [0.25, 0.3) is 5.91 Å². The Morgan fingerprint density at radius 1 is 1.17 bits per heavy atom. The first-order valence-electron chi connectivity index (χ1n) is 6.68. The molecule has 0 aromatic heterocycles. The molecule has 1 rings (SSSR count). The summed E-state index contributed by atoms with van der Waals surface area (Å²) in [5.41, 5.74) is -4.42. The third-order valence-electron chi connectivity index (χ3n) is 2.71. The van der Waals surface area contributed by atoms with Gasteiger partial charge in [0.1, 0.15) is 5.75 Å². The molecule has 0 saturated carbocycles. The van der Waals surface area contributed by atoms with Crippen molar-refractivity contribution < 1.29 is 37.3 Å². The highest BCUT2D eigenvalue weighted by atomic mass is 19.4. The molecule has 1 aromatic carbocycles. The SMILES string of the molecule is CCOC(=O)C(O)(NC(=O)c1ccccc1OCC)C(F)(F)F. The number of hydrogen-bond donors (Lipinski definition) is 2. The van der Waals surface area contributed by atoms with Crippen LogP contribution in [-0.2, 0) is 9.53 Å². The van der Waals surface area contributed by atoms with E-state index in [0.717, 1.165) is 0 Å². The van der Waals surface area contributed by atoms with Gasteiger partial charge in [0.2, 0.25) is 0 Å². The second-order valence-electron chi connectivity index (χ2n) is 4.31. The van der Waals surface area contributed by atoms with Crippen molar-refractivity contribution >= 4 is 11.9 Å². The molecule has 6 nitrogen and oxygen atoms in total. The minimum absolute atomic E-state index is 0.0147. The van der Waals surface area contributed by atoms with Crippen LogP contribution in [0.1, 0.15) is 24.2 Å². The summed E-state index contributed by atoms with van der Waals surface area (Å²) in [4.78, 5) is 23.5. The fourth-order valence-electron chi connectivity index (χ4n) is 1.64. The fraction of sp³-hybridized carbons (Fsp3) is 0.429. The highest BCUT2D eigenvalue weighted by molar-refractivity contribution is 6.00. The number of para-hydroxylation sites is 1. The van der Waals surface area contributed by atoms with E-state index in [1.165, 1.54) is 36.5 Å². The summed E-state index contributed by atoms with van der Waals surface area (Å²) in [7, 11) is 0. The predicted octanol–water partition coefficient (Wildman–Crippen LogP) is 1.63. The van der Waals surface area contributed by atoms with E-state index in [1.807, 2.05) is 0 Å². The van der Waals surface area contributed by atoms with Crippen LogP contribution in [0.15, 0.2) is 24.3 Å². The molecule has 1 amide bonds. The normalized spacial score (nSPS) is 13.8. The first kappa shape index (κ1) is 18.8. The molecule has 0 aliphatic rings. The van der Waals surface area contributed by atoms with E-state index >= 15 is 0 Å². The van der Waals surface area contributed by atoms with Crippen molar-refractivity contribution in [3.63, 3.8) is 0 Å². The van der Waals surface area contributed by atoms with Gasteiger partial charge >= 0.3 is 17.9 Å². The number of alkyl halides is 3. The number of carbonyl (C=O) groups is 2. The molecule has 1 atom stereocenters. The third-order valence-corrected chi connectivity index (χ3v) is 2.71. The lowest BCUT2D eigenvalue weighted by Crippen LogP contribution is -2.64. The van der Waals surface area contributed by atoms with Gasteiger partial charge < -0.3 is 19.9 Å². The zero-order chi connectivity index (χ0) is 17.7. The Labute approximate surface area is 130 Å². The van der Waals surface area contributed by atoms with E-state index in [9.17, 15) is 27.9 Å². The van der Waals surface area contributed by atoms with Crippen LogP contribution in [0.25, 0.3) is 0 Å². The van der Waals surface area contributed by atoms with Crippen molar-refractivity contribution in [2.45, 2.75) is 25.7 Å². The molecule has 0 spiro atoms. The van der Waals surface area contributed by atoms with Crippen LogP contribution >= 0.6 is 0 Å². The Morgan fingerprint density at radius 3 is 2.30 bits per heavy atom. The number of esters is 1. The van der Waals surface area contributed by atoms with Crippen molar-refractivity contribution in [2.75, 3.05) is 13.2 Å². The van der Waals surface area contributed by atoms with E-state index in [1.54, 1.807) is 6.92 Å². The van der Waals surface area contributed by atoms with Crippen LogP contribution in [0.2, 0.25) is 0 Å². The monoisotopic (exact) mass is 335 g/mol. The topological polar surface area (TPSA) is 84.9 Å². The maximum atomic E-state index is 13.0. The number of halogens is 3. The number of rotatable bonds is 6. The van der Waals surface area contributed by atoms with Crippen molar-refractivity contribution in [1.29, 1.82) is 0 Å². The van der Waals surface area contributed by atoms with Crippen molar-refractivity contribution in [3.8, 4) is 5.75 Å². The molecular formula is C14H16F3NO5. The first-order valence-corrected chi connectivity index (χ1v) is 6.68. The van der Waals surface area contributed by atoms with Gasteiger partial charge in [-0.05, 0) is 26.0 Å². The van der Waals surface area contributed by atoms with Crippen LogP contribution in [-0.4, -0.2) is 42.1 Å². The number of amides is 1. The number of aliphatic hydroxyl groups is 1. The molecule has 0 heterocycles. The maximum Gasteiger partial charge on any atom is 0.448 e. The maximum absolute atomic E-state index is 13.0. The van der Waals surface area contributed by atoms with Crippen LogP contribution in [0.5, 0.6) is 5.75 Å². The number of benzene rings is 1. The minimum atomic E-state index is -5.46. The van der Waals surface area contributed by atoms with E-state index in [0.29, 0.717) is 0 Å². The quantitative estimate of drug-likeness (QED) is 0.610. The fourth-order valence-corrected chi connectivity index (χ4v) is 1.64. The number of carbonyl (C=O) groups excluding carboxylic acids is 2. The van der Waals surface area contributed by atoms with E-state index < -0.39 is 30.4 Å². The standard InChI is InChI=1S/C14H16F3NO5/c1-3-22-10-8-6-5-7-9(10)11(19)18-13(21,14(15,16)17)12(20)23-4-2/h5-8,21H,3-4H2,1-2H3,(H,18,19). The van der Waals surface area contributed by atoms with Crippen LogP contribution in [0.3, 0.4) is 0 Å². The number of nitrogens with one attached hydrogen (secondary N) is 1. The van der Waals surface area contributed by atoms with Crippen LogP contribution in [0.4, 0.5) is 13.2 Å². The lowest BCUT2D eigenvalue weighted by atomic mass is 10.1. The van der Waals surface area contributed by atoms with Gasteiger partial charge in [-0.3, -0.25) is 4.79 Å². The Bertz CT molecular complexity index is 576. The lowest BCUT2D eigenvalue weighted by Gasteiger charge is -2.28. The van der Waals surface area contributed by atoms with Gasteiger partial charge in [-0.1, -0.05) is 12.1 Å². The molecule has 0 fully saturated rings. The summed E-state index contributed by atoms with van der Waals surface area (Å²) >= 11 is 0. The summed E-state index contributed by atoms with van der Waals surface area (Å²) in [6.45, 7) is 2.66. The molecule has 128 valence electrons. The average molecular weight is 335 g/mol. The zero-order valence-corrected chi connectivity index (χ0v) is 12.4. The molecule has 23 heavy (non-hydrogen) atoms. The van der Waals surface area contributed by atoms with Gasteiger partial charge in [0, 0.05) is 0 Å². The highest BCUT2D eigenvalue weighted by Crippen LogP contribution is 2.30. The van der Waals surface area contributed by atoms with E-state index in [2.05, 4.69) is 4.74 Å². The predicted molar refractivity (Wildman–Crippen MR) is 72.7 cm³/mol. The molecule has 1 unspecified atom stereocenters. The zero-order valence-electron chi connectivity index (χ0n) is 12.4. The summed E-state index contributed by atoms with van der Waals surface area (Å²) in [6.07, 6.45) is -5.46. The Hall–Kier alpha value is -2.29. The summed E-state index contributed by atoms with van der Waals surface area (Å²) in [5.74, 6) is -3.34. The molecule has 0 aliphatic carbocycles. The Balaban J connectivity index is 3.15. The molecule has 9 heteroatoms.